The fourth-order valence-corrected chi connectivity index (χ4v) is 5.76. The van der Waals surface area contributed by atoms with Crippen molar-refractivity contribution in [3.8, 4) is 0 Å². The molecule has 0 radical (unpaired) electrons. The van der Waals surface area contributed by atoms with Gasteiger partial charge in [-0.2, -0.15) is 0 Å². The summed E-state index contributed by atoms with van der Waals surface area (Å²) in [6.07, 6.45) is 3.21. The van der Waals surface area contributed by atoms with Gasteiger partial charge in [0.2, 0.25) is 0 Å². The number of methoxy groups -OCH3 is 1. The van der Waals surface area contributed by atoms with E-state index in [-0.39, 0.29) is 17.0 Å². The minimum atomic E-state index is -0.355. The number of carbonyl (C=O) groups is 3. The highest BCUT2D eigenvalue weighted by atomic mass is 79.9. The SMILES string of the molecule is COC(=O)c1ccc(CCN2C(=O)SC=CN2CCC(=O)Cc2cc(Br)cs2)s1. The molecule has 1 amide bonds. The van der Waals surface area contributed by atoms with Crippen LogP contribution in [0.25, 0.3) is 0 Å². The Bertz CT molecular complexity index is 924. The summed E-state index contributed by atoms with van der Waals surface area (Å²) in [5, 5.41) is 7.07. The van der Waals surface area contributed by atoms with Gasteiger partial charge in [0.05, 0.1) is 7.11 Å². The average molecular weight is 515 g/mol. The third-order valence-electron chi connectivity index (χ3n) is 4.15. The Balaban J connectivity index is 1.54. The van der Waals surface area contributed by atoms with Crippen molar-refractivity contribution in [3.05, 3.63) is 54.3 Å². The lowest BCUT2D eigenvalue weighted by Gasteiger charge is -2.35. The molecule has 154 valence electrons. The van der Waals surface area contributed by atoms with Gasteiger partial charge in [-0.3, -0.25) is 14.6 Å². The number of thioether (sulfide) groups is 1. The Morgan fingerprint density at radius 3 is 2.76 bits per heavy atom. The van der Waals surface area contributed by atoms with Crippen LogP contribution in [-0.4, -0.2) is 47.2 Å². The number of amides is 1. The fourth-order valence-electron chi connectivity index (χ4n) is 2.73. The number of hydrogen-bond acceptors (Lipinski definition) is 8. The quantitative estimate of drug-likeness (QED) is 0.440. The molecular formula is C19H19BrN2O4S3. The van der Waals surface area contributed by atoms with Crippen LogP contribution in [0.15, 0.2) is 39.7 Å². The van der Waals surface area contributed by atoms with E-state index in [1.807, 2.05) is 23.7 Å². The van der Waals surface area contributed by atoms with E-state index in [0.29, 0.717) is 37.2 Å². The Labute approximate surface area is 189 Å². The largest absolute Gasteiger partial charge is 0.465 e. The van der Waals surface area contributed by atoms with Crippen molar-refractivity contribution in [1.29, 1.82) is 0 Å². The molecule has 0 fully saturated rings. The van der Waals surface area contributed by atoms with Gasteiger partial charge in [-0.05, 0) is 51.3 Å². The molecule has 0 aromatic carbocycles. The van der Waals surface area contributed by atoms with Gasteiger partial charge in [0, 0.05) is 58.2 Å². The molecule has 0 bridgehead atoms. The van der Waals surface area contributed by atoms with Crippen molar-refractivity contribution >= 4 is 67.4 Å². The first-order valence-corrected chi connectivity index (χ1v) is 12.2. The van der Waals surface area contributed by atoms with Crippen LogP contribution in [0.5, 0.6) is 0 Å². The van der Waals surface area contributed by atoms with Crippen molar-refractivity contribution < 1.29 is 19.1 Å². The molecule has 1 aliphatic rings. The van der Waals surface area contributed by atoms with E-state index < -0.39 is 0 Å². The molecular weight excluding hydrogens is 496 g/mol. The van der Waals surface area contributed by atoms with Gasteiger partial charge in [-0.15, -0.1) is 22.7 Å². The van der Waals surface area contributed by atoms with Crippen molar-refractivity contribution in [2.24, 2.45) is 0 Å². The van der Waals surface area contributed by atoms with Crippen LogP contribution in [0, 0.1) is 0 Å². The van der Waals surface area contributed by atoms with Crippen LogP contribution in [0.3, 0.4) is 0 Å². The summed E-state index contributed by atoms with van der Waals surface area (Å²) in [6, 6.07) is 5.57. The Hall–Kier alpha value is -1.62. The standard InChI is InChI=1S/C19H19BrN2O4S3/c1-26-18(24)17-3-2-15(29-17)5-7-22-19(25)27-9-8-21(22)6-4-14(23)11-16-10-13(20)12-28-16/h2-3,8-10,12H,4-7,11H2,1H3. The fraction of sp³-hybridized carbons (Fsp3) is 0.316. The molecule has 0 unspecified atom stereocenters. The second-order valence-corrected chi connectivity index (χ2v) is 10.1. The molecule has 0 aliphatic carbocycles. The van der Waals surface area contributed by atoms with Crippen molar-refractivity contribution in [2.75, 3.05) is 20.2 Å². The van der Waals surface area contributed by atoms with Crippen molar-refractivity contribution in [3.63, 3.8) is 0 Å². The summed E-state index contributed by atoms with van der Waals surface area (Å²) >= 11 is 7.44. The van der Waals surface area contributed by atoms with Crippen LogP contribution in [-0.2, 0) is 22.4 Å². The highest BCUT2D eigenvalue weighted by Crippen LogP contribution is 2.24. The lowest BCUT2D eigenvalue weighted by atomic mass is 10.2. The molecule has 3 heterocycles. The van der Waals surface area contributed by atoms with Gasteiger partial charge < -0.3 is 4.74 Å². The molecule has 0 saturated heterocycles. The van der Waals surface area contributed by atoms with Crippen LogP contribution >= 0.6 is 50.4 Å². The van der Waals surface area contributed by atoms with Gasteiger partial charge in [-0.1, -0.05) is 0 Å². The Morgan fingerprint density at radius 2 is 2.03 bits per heavy atom. The summed E-state index contributed by atoms with van der Waals surface area (Å²) < 4.78 is 5.72. The number of hydrazine groups is 1. The van der Waals surface area contributed by atoms with E-state index in [1.165, 1.54) is 18.4 Å². The third-order valence-corrected chi connectivity index (χ3v) is 7.65. The number of esters is 1. The maximum Gasteiger partial charge on any atom is 0.348 e. The maximum absolute atomic E-state index is 12.4. The summed E-state index contributed by atoms with van der Waals surface area (Å²) in [7, 11) is 1.36. The monoisotopic (exact) mass is 514 g/mol. The second-order valence-electron chi connectivity index (χ2n) is 6.16. The number of rotatable bonds is 9. The molecule has 2 aromatic rings. The lowest BCUT2D eigenvalue weighted by molar-refractivity contribution is -0.119. The zero-order valence-electron chi connectivity index (χ0n) is 15.6. The molecule has 0 atom stereocenters. The molecule has 0 N–H and O–H groups in total. The first kappa shape index (κ1) is 22.1. The zero-order chi connectivity index (χ0) is 20.8. The van der Waals surface area contributed by atoms with E-state index in [4.69, 9.17) is 4.74 Å². The van der Waals surface area contributed by atoms with E-state index in [1.54, 1.807) is 32.8 Å². The average Bonchev–Trinajstić information content (AvgIpc) is 3.34. The summed E-state index contributed by atoms with van der Waals surface area (Å²) in [5.74, 6) is -0.217. The first-order valence-electron chi connectivity index (χ1n) is 8.79. The predicted molar refractivity (Wildman–Crippen MR) is 120 cm³/mol. The molecule has 2 aromatic heterocycles. The Morgan fingerprint density at radius 1 is 1.21 bits per heavy atom. The van der Waals surface area contributed by atoms with E-state index >= 15 is 0 Å². The van der Waals surface area contributed by atoms with Gasteiger partial charge >= 0.3 is 11.2 Å². The molecule has 1 aliphatic heterocycles. The normalized spacial score (nSPS) is 13.8. The van der Waals surface area contributed by atoms with Gasteiger partial charge in [0.25, 0.3) is 0 Å². The number of Topliss-reactive ketones (excluding diaryl/α,β-unsaturated/α-hetero) is 1. The minimum absolute atomic E-state index is 0.0770. The topological polar surface area (TPSA) is 66.9 Å². The van der Waals surface area contributed by atoms with Gasteiger partial charge in [0.15, 0.2) is 0 Å². The van der Waals surface area contributed by atoms with Crippen LogP contribution in [0.2, 0.25) is 0 Å². The van der Waals surface area contributed by atoms with Crippen molar-refractivity contribution in [1.82, 2.24) is 10.0 Å². The molecule has 6 nitrogen and oxygen atoms in total. The van der Waals surface area contributed by atoms with E-state index in [0.717, 1.165) is 26.0 Å². The Kier molecular flexibility index (Phi) is 7.93. The van der Waals surface area contributed by atoms with E-state index in [2.05, 4.69) is 15.9 Å². The molecule has 3 rings (SSSR count). The molecule has 29 heavy (non-hydrogen) atoms. The predicted octanol–water partition coefficient (Wildman–Crippen LogP) is 4.96. The summed E-state index contributed by atoms with van der Waals surface area (Å²) in [5.41, 5.74) is 0. The second kappa shape index (κ2) is 10.4. The highest BCUT2D eigenvalue weighted by Gasteiger charge is 2.23. The minimum Gasteiger partial charge on any atom is -0.465 e. The van der Waals surface area contributed by atoms with Gasteiger partial charge in [-0.25, -0.2) is 9.80 Å². The van der Waals surface area contributed by atoms with Gasteiger partial charge in [0.1, 0.15) is 10.7 Å². The van der Waals surface area contributed by atoms with E-state index in [9.17, 15) is 14.4 Å². The number of thiophene rings is 2. The third kappa shape index (κ3) is 6.18. The zero-order valence-corrected chi connectivity index (χ0v) is 19.7. The number of ketones is 1. The van der Waals surface area contributed by atoms with Crippen LogP contribution in [0.1, 0.15) is 25.8 Å². The smallest absolute Gasteiger partial charge is 0.348 e. The number of ether oxygens (including phenoxy) is 1. The van der Waals surface area contributed by atoms with Crippen LogP contribution in [0.4, 0.5) is 4.79 Å². The number of carbonyl (C=O) groups excluding carboxylic acids is 3. The highest BCUT2D eigenvalue weighted by molar-refractivity contribution is 9.10. The molecule has 0 saturated carbocycles. The summed E-state index contributed by atoms with van der Waals surface area (Å²) in [6.45, 7) is 0.926. The molecule has 10 heteroatoms. The van der Waals surface area contributed by atoms with Crippen molar-refractivity contribution in [2.45, 2.75) is 19.3 Å². The summed E-state index contributed by atoms with van der Waals surface area (Å²) in [4.78, 5) is 38.8. The van der Waals surface area contributed by atoms with Crippen LogP contribution < -0.4 is 0 Å². The number of hydrogen-bond donors (Lipinski definition) is 0. The lowest BCUT2D eigenvalue weighted by Crippen LogP contribution is -2.45. The maximum atomic E-state index is 12.4. The first-order chi connectivity index (χ1) is 14.0. The number of halogens is 1. The molecule has 0 spiro atoms. The number of nitrogens with zero attached hydrogens (tertiary/aromatic N) is 2.